The summed E-state index contributed by atoms with van der Waals surface area (Å²) < 4.78 is 26.2. The third-order valence-electron chi connectivity index (χ3n) is 4.96. The minimum absolute atomic E-state index is 0.0352. The molecule has 5 nitrogen and oxygen atoms in total. The molecule has 3 aromatic carbocycles. The Labute approximate surface area is 188 Å². The topological polar surface area (TPSA) is 57.7 Å². The molecule has 1 amide bonds. The molecule has 3 rings (SSSR count). The summed E-state index contributed by atoms with van der Waals surface area (Å²) in [7, 11) is -0.783. The lowest BCUT2D eigenvalue weighted by molar-refractivity contribution is 0.0745. The van der Waals surface area contributed by atoms with Crippen molar-refractivity contribution in [2.24, 2.45) is 0 Å². The molecule has 0 aromatic heterocycles. The van der Waals surface area contributed by atoms with Gasteiger partial charge < -0.3 is 4.90 Å². The Hall–Kier alpha value is -2.67. The van der Waals surface area contributed by atoms with E-state index in [0.29, 0.717) is 19.5 Å². The smallest absolute Gasteiger partial charge is 0.255 e. The van der Waals surface area contributed by atoms with Crippen molar-refractivity contribution < 1.29 is 13.2 Å². The second-order valence-corrected chi connectivity index (χ2v) is 9.94. The van der Waals surface area contributed by atoms with E-state index in [4.69, 9.17) is 11.6 Å². The molecule has 0 spiro atoms. The van der Waals surface area contributed by atoms with Crippen LogP contribution in [0.5, 0.6) is 0 Å². The van der Waals surface area contributed by atoms with E-state index in [1.807, 2.05) is 60.7 Å². The largest absolute Gasteiger partial charge is 0.334 e. The lowest BCUT2D eigenvalue weighted by Gasteiger charge is -2.24. The Balaban J connectivity index is 1.93. The molecule has 0 radical (unpaired) electrons. The average Bonchev–Trinajstić information content (AvgIpc) is 2.77. The van der Waals surface area contributed by atoms with Crippen LogP contribution in [0.25, 0.3) is 0 Å². The summed E-state index contributed by atoms with van der Waals surface area (Å²) in [5, 5.41) is 0.223. The maximum atomic E-state index is 13.5. The maximum Gasteiger partial charge on any atom is 0.255 e. The first-order chi connectivity index (χ1) is 14.8. The summed E-state index contributed by atoms with van der Waals surface area (Å²) in [5.41, 5.74) is 2.27. The number of sulfonamides is 1. The molecule has 0 saturated heterocycles. The zero-order valence-corrected chi connectivity index (χ0v) is 19.1. The number of halogens is 1. The molecule has 0 saturated carbocycles. The normalized spacial score (nSPS) is 11.5. The Bertz CT molecular complexity index is 1130. The molecule has 0 atom stereocenters. The van der Waals surface area contributed by atoms with Gasteiger partial charge in [0.25, 0.3) is 5.91 Å². The second-order valence-electron chi connectivity index (χ2n) is 7.38. The first-order valence-corrected chi connectivity index (χ1v) is 11.7. The lowest BCUT2D eigenvalue weighted by atomic mass is 10.1. The Morgan fingerprint density at radius 3 is 2.03 bits per heavy atom. The molecule has 0 aliphatic carbocycles. The van der Waals surface area contributed by atoms with Crippen LogP contribution in [0.3, 0.4) is 0 Å². The molecule has 0 N–H and O–H groups in total. The highest BCUT2D eigenvalue weighted by Gasteiger charge is 2.24. The molecule has 0 heterocycles. The van der Waals surface area contributed by atoms with E-state index in [1.54, 1.807) is 4.90 Å². The monoisotopic (exact) mass is 456 g/mol. The molecule has 0 fully saturated rings. The Kier molecular flexibility index (Phi) is 7.49. The predicted molar refractivity (Wildman–Crippen MR) is 124 cm³/mol. The van der Waals surface area contributed by atoms with Crippen molar-refractivity contribution in [3.8, 4) is 0 Å². The van der Waals surface area contributed by atoms with E-state index in [1.165, 1.54) is 32.3 Å². The SMILES string of the molecule is CN(C)S(=O)(=O)c1ccc(Cl)c(C(=O)N(CCc2ccccc2)Cc2ccccc2)c1. The van der Waals surface area contributed by atoms with Gasteiger partial charge in [0.1, 0.15) is 0 Å². The van der Waals surface area contributed by atoms with Gasteiger partial charge in [-0.1, -0.05) is 72.3 Å². The maximum absolute atomic E-state index is 13.5. The summed E-state index contributed by atoms with van der Waals surface area (Å²) in [6, 6.07) is 23.8. The highest BCUT2D eigenvalue weighted by molar-refractivity contribution is 7.89. The summed E-state index contributed by atoms with van der Waals surface area (Å²) in [6.45, 7) is 0.867. The van der Waals surface area contributed by atoms with Crippen LogP contribution in [0.15, 0.2) is 83.8 Å². The van der Waals surface area contributed by atoms with Gasteiger partial charge in [0, 0.05) is 27.2 Å². The van der Waals surface area contributed by atoms with E-state index >= 15 is 0 Å². The van der Waals surface area contributed by atoms with Crippen LogP contribution >= 0.6 is 11.6 Å². The third-order valence-corrected chi connectivity index (χ3v) is 7.10. The zero-order valence-electron chi connectivity index (χ0n) is 17.5. The zero-order chi connectivity index (χ0) is 22.4. The van der Waals surface area contributed by atoms with Gasteiger partial charge in [-0.25, -0.2) is 12.7 Å². The number of rotatable bonds is 8. The molecule has 7 heteroatoms. The van der Waals surface area contributed by atoms with Gasteiger partial charge in [-0.15, -0.1) is 0 Å². The van der Waals surface area contributed by atoms with Crippen molar-refractivity contribution >= 4 is 27.5 Å². The van der Waals surface area contributed by atoms with Gasteiger partial charge in [0.2, 0.25) is 10.0 Å². The van der Waals surface area contributed by atoms with Gasteiger partial charge in [-0.2, -0.15) is 0 Å². The summed E-state index contributed by atoms with van der Waals surface area (Å²) in [5.74, 6) is -0.305. The van der Waals surface area contributed by atoms with Gasteiger partial charge in [-0.05, 0) is 35.7 Å². The average molecular weight is 457 g/mol. The van der Waals surface area contributed by atoms with Crippen LogP contribution in [-0.4, -0.2) is 44.2 Å². The highest BCUT2D eigenvalue weighted by Crippen LogP contribution is 2.24. The van der Waals surface area contributed by atoms with Crippen molar-refractivity contribution in [1.82, 2.24) is 9.21 Å². The molecule has 31 heavy (non-hydrogen) atoms. The summed E-state index contributed by atoms with van der Waals surface area (Å²) in [4.78, 5) is 15.2. The van der Waals surface area contributed by atoms with Gasteiger partial charge in [-0.3, -0.25) is 4.79 Å². The Morgan fingerprint density at radius 1 is 0.871 bits per heavy atom. The van der Waals surface area contributed by atoms with Crippen molar-refractivity contribution in [2.75, 3.05) is 20.6 Å². The fourth-order valence-corrected chi connectivity index (χ4v) is 4.30. The van der Waals surface area contributed by atoms with Gasteiger partial charge in [0.05, 0.1) is 15.5 Å². The first kappa shape index (κ1) is 23.0. The molecule has 0 bridgehead atoms. The van der Waals surface area contributed by atoms with Gasteiger partial charge >= 0.3 is 0 Å². The van der Waals surface area contributed by atoms with E-state index < -0.39 is 10.0 Å². The number of amides is 1. The standard InChI is InChI=1S/C24H25ClN2O3S/c1-26(2)31(29,30)21-13-14-23(25)22(17-21)24(28)27(18-20-11-7-4-8-12-20)16-15-19-9-5-3-6-10-19/h3-14,17H,15-16,18H2,1-2H3. The molecular weight excluding hydrogens is 432 g/mol. The summed E-state index contributed by atoms with van der Waals surface area (Å²) in [6.07, 6.45) is 0.673. The molecule has 162 valence electrons. The lowest BCUT2D eigenvalue weighted by Crippen LogP contribution is -2.33. The first-order valence-electron chi connectivity index (χ1n) is 9.88. The number of nitrogens with zero attached hydrogens (tertiary/aromatic N) is 2. The molecular formula is C24H25ClN2O3S. The molecule has 0 aliphatic rings. The van der Waals surface area contributed by atoms with Gasteiger partial charge in [0.15, 0.2) is 0 Å². The number of carbonyl (C=O) groups is 1. The van der Waals surface area contributed by atoms with Crippen molar-refractivity contribution in [3.63, 3.8) is 0 Å². The minimum Gasteiger partial charge on any atom is -0.334 e. The Morgan fingerprint density at radius 2 is 1.45 bits per heavy atom. The quantitative estimate of drug-likeness (QED) is 0.502. The van der Waals surface area contributed by atoms with Crippen LogP contribution < -0.4 is 0 Å². The number of hydrogen-bond acceptors (Lipinski definition) is 3. The second kappa shape index (κ2) is 10.1. The van der Waals surface area contributed by atoms with Crippen LogP contribution in [-0.2, 0) is 23.0 Å². The van der Waals surface area contributed by atoms with Crippen LogP contribution in [0, 0.1) is 0 Å². The number of hydrogen-bond donors (Lipinski definition) is 0. The molecule has 0 aliphatic heterocycles. The fraction of sp³-hybridized carbons (Fsp3) is 0.208. The summed E-state index contributed by atoms with van der Waals surface area (Å²) >= 11 is 6.33. The van der Waals surface area contributed by atoms with Crippen LogP contribution in [0.2, 0.25) is 5.02 Å². The predicted octanol–water partition coefficient (Wildman–Crippen LogP) is 4.48. The minimum atomic E-state index is -3.69. The van der Waals surface area contributed by atoms with Crippen molar-refractivity contribution in [3.05, 3.63) is 101 Å². The number of carbonyl (C=O) groups excluding carboxylic acids is 1. The molecule has 0 unspecified atom stereocenters. The van der Waals surface area contributed by atoms with E-state index in [2.05, 4.69) is 0 Å². The highest BCUT2D eigenvalue weighted by atomic mass is 35.5. The van der Waals surface area contributed by atoms with Crippen LogP contribution in [0.1, 0.15) is 21.5 Å². The van der Waals surface area contributed by atoms with Crippen molar-refractivity contribution in [2.45, 2.75) is 17.9 Å². The van der Waals surface area contributed by atoms with E-state index in [9.17, 15) is 13.2 Å². The van der Waals surface area contributed by atoms with E-state index in [-0.39, 0.29) is 21.4 Å². The third kappa shape index (κ3) is 5.73. The van der Waals surface area contributed by atoms with E-state index in [0.717, 1.165) is 15.4 Å². The fourth-order valence-electron chi connectivity index (χ4n) is 3.17. The van der Waals surface area contributed by atoms with Crippen LogP contribution in [0.4, 0.5) is 0 Å². The number of benzene rings is 3. The molecule has 3 aromatic rings. The van der Waals surface area contributed by atoms with Crippen molar-refractivity contribution in [1.29, 1.82) is 0 Å².